The molecule has 6 nitrogen and oxygen atoms in total. The normalized spacial score (nSPS) is 14.3. The summed E-state index contributed by atoms with van der Waals surface area (Å²) in [6.07, 6.45) is 3.75. The van der Waals surface area contributed by atoms with Gasteiger partial charge in [0.1, 0.15) is 11.9 Å². The van der Waals surface area contributed by atoms with Gasteiger partial charge in [-0.2, -0.15) is 4.89 Å². The fourth-order valence-electron chi connectivity index (χ4n) is 3.26. The van der Waals surface area contributed by atoms with Crippen LogP contribution in [0.3, 0.4) is 0 Å². The Morgan fingerprint density at radius 1 is 1.27 bits per heavy atom. The molecule has 2 heterocycles. The first-order valence-corrected chi connectivity index (χ1v) is 12.1. The number of terminal acetylenes is 1. The molecule has 1 aromatic carbocycles. The molecule has 3 aromatic rings. The molecule has 9 heteroatoms. The van der Waals surface area contributed by atoms with Crippen LogP contribution in [0.5, 0.6) is 5.75 Å². The minimum absolute atomic E-state index is 0.0269. The zero-order valence-electron chi connectivity index (χ0n) is 18.2. The minimum Gasteiger partial charge on any atom is -0.419 e. The third kappa shape index (κ3) is 4.73. The second kappa shape index (κ2) is 9.90. The predicted octanol–water partition coefficient (Wildman–Crippen LogP) is 5.13. The van der Waals surface area contributed by atoms with E-state index in [1.807, 2.05) is 37.3 Å². The SMILES string of the molecule is C#CC(C(=O)Oc1c(-c2ccc(F)cc2)cc(-c2cccs2)nc1C(C)C)(C(C)O)[P+](=O)O. The molecule has 2 N–H and O–H groups in total. The number of carbonyl (C=O) groups is 1. The smallest absolute Gasteiger partial charge is 0.419 e. The Bertz CT molecular complexity index is 1220. The number of aromatic nitrogens is 1. The number of pyridine rings is 1. The second-order valence-corrected chi connectivity index (χ2v) is 9.86. The van der Waals surface area contributed by atoms with Crippen LogP contribution < -0.4 is 4.74 Å². The largest absolute Gasteiger partial charge is 0.540 e. The number of hydrogen-bond acceptors (Lipinski definition) is 6. The molecule has 3 rings (SSSR count). The summed E-state index contributed by atoms with van der Waals surface area (Å²) >= 11 is 1.48. The Hall–Kier alpha value is -2.95. The van der Waals surface area contributed by atoms with Crippen LogP contribution >= 0.6 is 19.4 Å². The molecule has 0 aliphatic carbocycles. The summed E-state index contributed by atoms with van der Waals surface area (Å²) in [6.45, 7) is 4.84. The number of aliphatic hydroxyl groups excluding tert-OH is 1. The molecule has 33 heavy (non-hydrogen) atoms. The molecule has 0 amide bonds. The maximum absolute atomic E-state index is 13.6. The molecule has 0 spiro atoms. The Kier molecular flexibility index (Phi) is 7.41. The fourth-order valence-corrected chi connectivity index (χ4v) is 4.58. The molecular formula is C24H22FNO5PS+. The van der Waals surface area contributed by atoms with E-state index in [1.165, 1.54) is 35.6 Å². The van der Waals surface area contributed by atoms with Crippen molar-refractivity contribution in [3.8, 4) is 39.8 Å². The molecular weight excluding hydrogens is 464 g/mol. The van der Waals surface area contributed by atoms with Crippen molar-refractivity contribution in [2.75, 3.05) is 0 Å². The number of hydrogen-bond donors (Lipinski definition) is 2. The van der Waals surface area contributed by atoms with E-state index in [0.717, 1.165) is 11.8 Å². The van der Waals surface area contributed by atoms with Gasteiger partial charge in [0.05, 0.1) is 16.3 Å². The van der Waals surface area contributed by atoms with Crippen LogP contribution in [-0.2, 0) is 9.36 Å². The average molecular weight is 486 g/mol. The van der Waals surface area contributed by atoms with Crippen LogP contribution in [0.25, 0.3) is 21.7 Å². The lowest BCUT2D eigenvalue weighted by atomic mass is 9.98. The van der Waals surface area contributed by atoms with Crippen molar-refractivity contribution in [3.05, 3.63) is 59.4 Å². The number of carbonyl (C=O) groups excluding carboxylic acids is 1. The van der Waals surface area contributed by atoms with Gasteiger partial charge in [-0.15, -0.1) is 17.8 Å². The summed E-state index contributed by atoms with van der Waals surface area (Å²) in [6, 6.07) is 11.1. The quantitative estimate of drug-likeness (QED) is 0.273. The van der Waals surface area contributed by atoms with Crippen LogP contribution in [0, 0.1) is 18.2 Å². The molecule has 2 aromatic heterocycles. The first-order valence-electron chi connectivity index (χ1n) is 10.0. The van der Waals surface area contributed by atoms with Crippen LogP contribution in [0.15, 0.2) is 47.8 Å². The monoisotopic (exact) mass is 486 g/mol. The highest BCUT2D eigenvalue weighted by atomic mass is 32.1. The molecule has 0 saturated heterocycles. The van der Waals surface area contributed by atoms with Crippen molar-refractivity contribution in [2.24, 2.45) is 0 Å². The van der Waals surface area contributed by atoms with Gasteiger partial charge in [0.15, 0.2) is 5.75 Å². The summed E-state index contributed by atoms with van der Waals surface area (Å²) < 4.78 is 31.3. The third-order valence-electron chi connectivity index (χ3n) is 5.11. The minimum atomic E-state index is -3.33. The van der Waals surface area contributed by atoms with Gasteiger partial charge in [0, 0.05) is 5.56 Å². The van der Waals surface area contributed by atoms with E-state index in [4.69, 9.17) is 11.2 Å². The summed E-state index contributed by atoms with van der Waals surface area (Å²) in [4.78, 5) is 28.5. The molecule has 0 aliphatic heterocycles. The number of benzene rings is 1. The lowest BCUT2D eigenvalue weighted by molar-refractivity contribution is -0.138. The van der Waals surface area contributed by atoms with Gasteiger partial charge < -0.3 is 9.84 Å². The summed E-state index contributed by atoms with van der Waals surface area (Å²) in [5.74, 6) is 0.0745. The van der Waals surface area contributed by atoms with E-state index >= 15 is 0 Å². The third-order valence-corrected chi connectivity index (χ3v) is 7.29. The van der Waals surface area contributed by atoms with E-state index in [2.05, 4.69) is 4.98 Å². The zero-order valence-corrected chi connectivity index (χ0v) is 19.9. The number of halogens is 1. The molecule has 0 bridgehead atoms. The van der Waals surface area contributed by atoms with Crippen LogP contribution in [-0.4, -0.2) is 32.2 Å². The lowest BCUT2D eigenvalue weighted by Gasteiger charge is -2.21. The predicted molar refractivity (Wildman–Crippen MR) is 126 cm³/mol. The topological polar surface area (TPSA) is 96.7 Å². The van der Waals surface area contributed by atoms with Crippen LogP contribution in [0.4, 0.5) is 4.39 Å². The number of ether oxygens (including phenoxy) is 1. The fraction of sp³-hybridized carbons (Fsp3) is 0.250. The van der Waals surface area contributed by atoms with Crippen molar-refractivity contribution in [1.29, 1.82) is 0 Å². The lowest BCUT2D eigenvalue weighted by Crippen LogP contribution is -2.46. The van der Waals surface area contributed by atoms with Crippen LogP contribution in [0.2, 0.25) is 0 Å². The van der Waals surface area contributed by atoms with E-state index in [0.29, 0.717) is 22.5 Å². The summed E-state index contributed by atoms with van der Waals surface area (Å²) in [7, 11) is -3.33. The molecule has 3 atom stereocenters. The van der Waals surface area contributed by atoms with Gasteiger partial charge in [-0.1, -0.05) is 32.0 Å². The van der Waals surface area contributed by atoms with Crippen molar-refractivity contribution in [2.45, 2.75) is 37.9 Å². The summed E-state index contributed by atoms with van der Waals surface area (Å²) in [5.41, 5.74) is 1.99. The first kappa shape index (κ1) is 24.7. The molecule has 3 unspecified atom stereocenters. The Morgan fingerprint density at radius 2 is 1.94 bits per heavy atom. The molecule has 0 aliphatic rings. The van der Waals surface area contributed by atoms with Crippen molar-refractivity contribution in [1.82, 2.24) is 4.98 Å². The molecule has 0 radical (unpaired) electrons. The Morgan fingerprint density at radius 3 is 2.42 bits per heavy atom. The number of aliphatic hydroxyl groups is 1. The van der Waals surface area contributed by atoms with Crippen LogP contribution in [0.1, 0.15) is 32.4 Å². The first-order chi connectivity index (χ1) is 15.6. The maximum atomic E-state index is 13.6. The molecule has 170 valence electrons. The number of nitrogens with zero attached hydrogens (tertiary/aromatic N) is 1. The van der Waals surface area contributed by atoms with E-state index < -0.39 is 31.1 Å². The number of esters is 1. The van der Waals surface area contributed by atoms with Gasteiger partial charge in [-0.05, 0) is 58.5 Å². The van der Waals surface area contributed by atoms with Crippen molar-refractivity contribution < 1.29 is 28.5 Å². The summed E-state index contributed by atoms with van der Waals surface area (Å²) in [5, 5.41) is 9.54. The maximum Gasteiger partial charge on any atom is 0.540 e. The number of thiophene rings is 1. The number of rotatable bonds is 7. The van der Waals surface area contributed by atoms with E-state index in [-0.39, 0.29) is 11.7 Å². The Labute approximate surface area is 196 Å². The highest BCUT2D eigenvalue weighted by Gasteiger charge is 2.62. The van der Waals surface area contributed by atoms with E-state index in [1.54, 1.807) is 6.07 Å². The van der Waals surface area contributed by atoms with Gasteiger partial charge in [0.25, 0.3) is 0 Å². The average Bonchev–Trinajstić information content (AvgIpc) is 3.29. The van der Waals surface area contributed by atoms with Gasteiger partial charge in [0.2, 0.25) is 0 Å². The second-order valence-electron chi connectivity index (χ2n) is 7.66. The standard InChI is InChI=1S/C24H21FNO5PS/c1-5-24(15(4)27,32(29)30)23(28)31-22-18(16-8-10-17(25)11-9-16)13-19(20-7-6-12-33-20)26-21(22)14(2)3/h1,6-15,27H,2-4H3/p+1. The Balaban J connectivity index is 2.27. The van der Waals surface area contributed by atoms with Crippen molar-refractivity contribution >= 4 is 25.3 Å². The van der Waals surface area contributed by atoms with Gasteiger partial charge in [-0.25, -0.2) is 14.2 Å². The van der Waals surface area contributed by atoms with E-state index in [9.17, 15) is 23.7 Å². The molecule has 0 saturated carbocycles. The molecule has 0 fully saturated rings. The van der Waals surface area contributed by atoms with Crippen molar-refractivity contribution in [3.63, 3.8) is 0 Å². The van der Waals surface area contributed by atoms with Gasteiger partial charge in [-0.3, -0.25) is 0 Å². The van der Waals surface area contributed by atoms with Gasteiger partial charge >= 0.3 is 19.2 Å². The highest BCUT2D eigenvalue weighted by molar-refractivity contribution is 7.42. The zero-order chi connectivity index (χ0) is 24.3. The highest BCUT2D eigenvalue weighted by Crippen LogP contribution is 2.43.